The van der Waals surface area contributed by atoms with Gasteiger partial charge >= 0.3 is 5.97 Å². The molecule has 1 N–H and O–H groups in total. The molecule has 2 heterocycles. The predicted molar refractivity (Wildman–Crippen MR) is 108 cm³/mol. The molecule has 1 aliphatic heterocycles. The molecule has 154 valence electrons. The van der Waals surface area contributed by atoms with E-state index in [4.69, 9.17) is 9.47 Å². The number of benzene rings is 1. The Kier molecular flexibility index (Phi) is 6.48. The van der Waals surface area contributed by atoms with Crippen LogP contribution in [-0.2, 0) is 20.7 Å². The van der Waals surface area contributed by atoms with Crippen molar-refractivity contribution in [2.45, 2.75) is 19.8 Å². The standard InChI is InChI=1S/C20H23N3O5S/c1-12-17(19(26)28-3)29-20(21-12)22-18(25)14-10-16(24)23(11-14)9-8-13-6-4-5-7-15(13)27-2/h4-7,14H,8-11H2,1-3H3,(H,21,22,25)/t14-/m0/s1. The molecule has 1 fully saturated rings. The summed E-state index contributed by atoms with van der Waals surface area (Å²) in [6.07, 6.45) is 0.810. The number of para-hydroxylation sites is 1. The summed E-state index contributed by atoms with van der Waals surface area (Å²) in [4.78, 5) is 42.9. The van der Waals surface area contributed by atoms with Crippen LogP contribution in [0.4, 0.5) is 5.13 Å². The van der Waals surface area contributed by atoms with Crippen LogP contribution in [0.3, 0.4) is 0 Å². The molecule has 1 aromatic heterocycles. The third-order valence-corrected chi connectivity index (χ3v) is 5.88. The molecule has 1 aromatic carbocycles. The average molecular weight is 417 g/mol. The molecule has 0 aliphatic carbocycles. The van der Waals surface area contributed by atoms with Crippen molar-refractivity contribution in [3.8, 4) is 5.75 Å². The van der Waals surface area contributed by atoms with E-state index in [-0.39, 0.29) is 18.2 Å². The lowest BCUT2D eigenvalue weighted by atomic mass is 10.1. The number of rotatable bonds is 7. The summed E-state index contributed by atoms with van der Waals surface area (Å²) in [5, 5.41) is 3.05. The third kappa shape index (κ3) is 4.73. The van der Waals surface area contributed by atoms with Crippen LogP contribution in [0.5, 0.6) is 5.75 Å². The number of likely N-dealkylation sites (tertiary alicyclic amines) is 1. The lowest BCUT2D eigenvalue weighted by Gasteiger charge is -2.17. The van der Waals surface area contributed by atoms with Gasteiger partial charge in [0.25, 0.3) is 0 Å². The number of methoxy groups -OCH3 is 2. The van der Waals surface area contributed by atoms with Crippen LogP contribution in [0, 0.1) is 12.8 Å². The first-order chi connectivity index (χ1) is 13.9. The molecule has 0 radical (unpaired) electrons. The molecule has 0 bridgehead atoms. The Balaban J connectivity index is 1.58. The topological polar surface area (TPSA) is 97.8 Å². The van der Waals surface area contributed by atoms with Crippen LogP contribution in [0.15, 0.2) is 24.3 Å². The lowest BCUT2D eigenvalue weighted by molar-refractivity contribution is -0.128. The van der Waals surface area contributed by atoms with E-state index in [1.807, 2.05) is 24.3 Å². The van der Waals surface area contributed by atoms with Gasteiger partial charge in [0.15, 0.2) is 5.13 Å². The van der Waals surface area contributed by atoms with Gasteiger partial charge in [0.2, 0.25) is 11.8 Å². The Labute approximate surface area is 172 Å². The fourth-order valence-electron chi connectivity index (χ4n) is 3.27. The highest BCUT2D eigenvalue weighted by Gasteiger charge is 2.34. The second-order valence-electron chi connectivity index (χ2n) is 6.72. The second-order valence-corrected chi connectivity index (χ2v) is 7.72. The summed E-state index contributed by atoms with van der Waals surface area (Å²) in [5.41, 5.74) is 1.52. The summed E-state index contributed by atoms with van der Waals surface area (Å²) in [6, 6.07) is 7.68. The van der Waals surface area contributed by atoms with E-state index in [9.17, 15) is 14.4 Å². The monoisotopic (exact) mass is 417 g/mol. The van der Waals surface area contributed by atoms with Crippen molar-refractivity contribution in [1.29, 1.82) is 0 Å². The molecule has 1 saturated heterocycles. The fourth-order valence-corrected chi connectivity index (χ4v) is 4.16. The molecule has 0 unspecified atom stereocenters. The average Bonchev–Trinajstić information content (AvgIpc) is 3.28. The van der Waals surface area contributed by atoms with Gasteiger partial charge in [0.1, 0.15) is 10.6 Å². The maximum absolute atomic E-state index is 12.6. The highest BCUT2D eigenvalue weighted by Crippen LogP contribution is 2.26. The van der Waals surface area contributed by atoms with Gasteiger partial charge in [-0.25, -0.2) is 9.78 Å². The highest BCUT2D eigenvalue weighted by atomic mass is 32.1. The first-order valence-corrected chi connectivity index (χ1v) is 10.0. The third-order valence-electron chi connectivity index (χ3n) is 4.83. The number of hydrogen-bond donors (Lipinski definition) is 1. The number of aryl methyl sites for hydroxylation is 1. The van der Waals surface area contributed by atoms with Crippen LogP contribution in [-0.4, -0.2) is 55.0 Å². The fraction of sp³-hybridized carbons (Fsp3) is 0.400. The van der Waals surface area contributed by atoms with Crippen LogP contribution < -0.4 is 10.1 Å². The van der Waals surface area contributed by atoms with E-state index in [2.05, 4.69) is 10.3 Å². The van der Waals surface area contributed by atoms with E-state index < -0.39 is 11.9 Å². The van der Waals surface area contributed by atoms with Crippen molar-refractivity contribution in [2.24, 2.45) is 5.92 Å². The molecule has 0 saturated carbocycles. The summed E-state index contributed by atoms with van der Waals surface area (Å²) >= 11 is 1.06. The van der Waals surface area contributed by atoms with Crippen LogP contribution >= 0.6 is 11.3 Å². The van der Waals surface area contributed by atoms with E-state index in [1.54, 1.807) is 18.9 Å². The van der Waals surface area contributed by atoms with Crippen molar-refractivity contribution in [3.05, 3.63) is 40.4 Å². The van der Waals surface area contributed by atoms with E-state index in [1.165, 1.54) is 7.11 Å². The minimum atomic E-state index is -0.487. The van der Waals surface area contributed by atoms with Crippen molar-refractivity contribution >= 4 is 34.3 Å². The number of esters is 1. The number of amides is 2. The van der Waals surface area contributed by atoms with E-state index in [0.29, 0.717) is 35.2 Å². The lowest BCUT2D eigenvalue weighted by Crippen LogP contribution is -2.30. The molecule has 8 nitrogen and oxygen atoms in total. The number of aromatic nitrogens is 1. The quantitative estimate of drug-likeness (QED) is 0.694. The van der Waals surface area contributed by atoms with Gasteiger partial charge < -0.3 is 19.7 Å². The molecule has 2 aromatic rings. The first kappa shape index (κ1) is 20.8. The van der Waals surface area contributed by atoms with Crippen molar-refractivity contribution in [2.75, 3.05) is 32.6 Å². The van der Waals surface area contributed by atoms with Gasteiger partial charge in [-0.2, -0.15) is 0 Å². The van der Waals surface area contributed by atoms with Crippen molar-refractivity contribution in [1.82, 2.24) is 9.88 Å². The number of ether oxygens (including phenoxy) is 2. The zero-order valence-electron chi connectivity index (χ0n) is 16.6. The van der Waals surface area contributed by atoms with Gasteiger partial charge in [-0.15, -0.1) is 0 Å². The molecule has 3 rings (SSSR count). The second kappa shape index (κ2) is 9.04. The Bertz CT molecular complexity index is 927. The molecule has 1 aliphatic rings. The smallest absolute Gasteiger partial charge is 0.350 e. The van der Waals surface area contributed by atoms with Gasteiger partial charge in [-0.3, -0.25) is 9.59 Å². The largest absolute Gasteiger partial charge is 0.496 e. The SMILES string of the molecule is COC(=O)c1sc(NC(=O)[C@H]2CC(=O)N(CCc3ccccc3OC)C2)nc1C. The Morgan fingerprint density at radius 1 is 1.31 bits per heavy atom. The number of carbonyl (C=O) groups is 3. The zero-order chi connectivity index (χ0) is 21.0. The van der Waals surface area contributed by atoms with Gasteiger partial charge in [0, 0.05) is 19.5 Å². The predicted octanol–water partition coefficient (Wildman–Crippen LogP) is 2.28. The molecular formula is C20H23N3O5S. The van der Waals surface area contributed by atoms with Crippen molar-refractivity contribution < 1.29 is 23.9 Å². The van der Waals surface area contributed by atoms with Crippen LogP contribution in [0.25, 0.3) is 0 Å². The normalized spacial score (nSPS) is 16.0. The Morgan fingerprint density at radius 2 is 2.07 bits per heavy atom. The molecule has 0 spiro atoms. The number of nitrogens with one attached hydrogen (secondary N) is 1. The Morgan fingerprint density at radius 3 is 2.79 bits per heavy atom. The van der Waals surface area contributed by atoms with E-state index in [0.717, 1.165) is 22.6 Å². The molecular weight excluding hydrogens is 394 g/mol. The molecule has 1 atom stereocenters. The number of anilines is 1. The highest BCUT2D eigenvalue weighted by molar-refractivity contribution is 7.17. The van der Waals surface area contributed by atoms with Crippen molar-refractivity contribution in [3.63, 3.8) is 0 Å². The summed E-state index contributed by atoms with van der Waals surface area (Å²) in [6.45, 7) is 2.55. The molecule has 2 amide bonds. The maximum atomic E-state index is 12.6. The van der Waals surface area contributed by atoms with Crippen LogP contribution in [0.1, 0.15) is 27.3 Å². The number of nitrogens with zero attached hydrogens (tertiary/aromatic N) is 2. The summed E-state index contributed by atoms with van der Waals surface area (Å²) < 4.78 is 10.0. The molecule has 29 heavy (non-hydrogen) atoms. The molecule has 9 heteroatoms. The van der Waals surface area contributed by atoms with Gasteiger partial charge in [0.05, 0.1) is 25.8 Å². The number of carbonyl (C=O) groups excluding carboxylic acids is 3. The Hall–Kier alpha value is -2.94. The minimum Gasteiger partial charge on any atom is -0.496 e. The first-order valence-electron chi connectivity index (χ1n) is 9.19. The van der Waals surface area contributed by atoms with E-state index >= 15 is 0 Å². The van der Waals surface area contributed by atoms with Gasteiger partial charge in [-0.05, 0) is 25.0 Å². The minimum absolute atomic E-state index is 0.0504. The maximum Gasteiger partial charge on any atom is 0.350 e. The number of hydrogen-bond acceptors (Lipinski definition) is 7. The summed E-state index contributed by atoms with van der Waals surface area (Å²) in [5.74, 6) is -0.479. The number of thiazole rings is 1. The van der Waals surface area contributed by atoms with Crippen LogP contribution in [0.2, 0.25) is 0 Å². The van der Waals surface area contributed by atoms with Gasteiger partial charge in [-0.1, -0.05) is 29.5 Å². The zero-order valence-corrected chi connectivity index (χ0v) is 17.4. The summed E-state index contributed by atoms with van der Waals surface area (Å²) in [7, 11) is 2.91.